The number of hydrogen-bond acceptors (Lipinski definition) is 3. The molecule has 4 nitrogen and oxygen atoms in total. The Morgan fingerprint density at radius 1 is 1.67 bits per heavy atom. The zero-order chi connectivity index (χ0) is 12.8. The van der Waals surface area contributed by atoms with E-state index in [1.165, 1.54) is 0 Å². The van der Waals surface area contributed by atoms with Crippen molar-refractivity contribution in [2.45, 2.75) is 44.4 Å². The number of aryl methyl sites for hydroxylation is 1. The molecule has 0 bridgehead atoms. The minimum absolute atomic E-state index is 0.260. The molecule has 100 valence electrons. The van der Waals surface area contributed by atoms with Crippen molar-refractivity contribution >= 4 is 0 Å². The molecule has 2 aliphatic heterocycles. The average molecular weight is 253 g/mol. The van der Waals surface area contributed by atoms with Crippen LogP contribution in [0, 0.1) is 6.92 Å². The van der Waals surface area contributed by atoms with E-state index in [4.69, 9.17) is 4.74 Å². The second-order valence-electron chi connectivity index (χ2n) is 5.54. The number of nitrogens with one attached hydrogen (secondary N) is 1. The molecule has 0 amide bonds. The summed E-state index contributed by atoms with van der Waals surface area (Å²) in [5.74, 6) is 0. The van der Waals surface area contributed by atoms with Gasteiger partial charge in [0.25, 0.3) is 0 Å². The van der Waals surface area contributed by atoms with Crippen molar-refractivity contribution in [3.8, 4) is 0 Å². The summed E-state index contributed by atoms with van der Waals surface area (Å²) < 4.78 is 21.0. The number of aromatic nitrogens is 2. The van der Waals surface area contributed by atoms with Gasteiger partial charge in [-0.3, -0.25) is 4.68 Å². The lowest BCUT2D eigenvalue weighted by molar-refractivity contribution is -0.120. The van der Waals surface area contributed by atoms with Crippen LogP contribution in [0.3, 0.4) is 0 Å². The normalized spacial score (nSPS) is 35.7. The molecular formula is C13H20FN3O. The van der Waals surface area contributed by atoms with Gasteiger partial charge < -0.3 is 10.1 Å². The third-order valence-electron chi connectivity index (χ3n) is 4.14. The van der Waals surface area contributed by atoms with Gasteiger partial charge in [-0.25, -0.2) is 4.39 Å². The van der Waals surface area contributed by atoms with Gasteiger partial charge in [0.15, 0.2) is 0 Å². The Kier molecular flexibility index (Phi) is 2.90. The first-order valence-electron chi connectivity index (χ1n) is 6.64. The lowest BCUT2D eigenvalue weighted by Crippen LogP contribution is -2.51. The Bertz CT molecular complexity index is 447. The Morgan fingerprint density at radius 3 is 3.22 bits per heavy atom. The van der Waals surface area contributed by atoms with Crippen molar-refractivity contribution in [1.82, 2.24) is 15.1 Å². The predicted molar refractivity (Wildman–Crippen MR) is 66.3 cm³/mol. The van der Waals surface area contributed by atoms with E-state index in [0.717, 1.165) is 30.6 Å². The number of rotatable bonds is 1. The summed E-state index contributed by atoms with van der Waals surface area (Å²) in [5, 5.41) is 7.80. The SMILES string of the molecule is Cc1cnn2c1C1(CCNC(C)C1)OCC2CF. The smallest absolute Gasteiger partial charge is 0.114 e. The molecule has 1 aromatic heterocycles. The number of fused-ring (bicyclic) bond motifs is 2. The van der Waals surface area contributed by atoms with Crippen LogP contribution in [0.4, 0.5) is 4.39 Å². The summed E-state index contributed by atoms with van der Waals surface area (Å²) in [6, 6.07) is 0.160. The predicted octanol–water partition coefficient (Wildman–Crippen LogP) is 1.70. The van der Waals surface area contributed by atoms with Gasteiger partial charge in [0, 0.05) is 6.04 Å². The van der Waals surface area contributed by atoms with Gasteiger partial charge in [-0.15, -0.1) is 0 Å². The Morgan fingerprint density at radius 2 is 2.50 bits per heavy atom. The molecule has 0 saturated carbocycles. The van der Waals surface area contributed by atoms with Crippen molar-refractivity contribution < 1.29 is 9.13 Å². The maximum Gasteiger partial charge on any atom is 0.114 e. The molecule has 1 spiro atoms. The van der Waals surface area contributed by atoms with Gasteiger partial charge in [-0.2, -0.15) is 5.10 Å². The molecule has 0 aromatic carbocycles. The second kappa shape index (κ2) is 4.31. The number of ether oxygens (including phenoxy) is 1. The van der Waals surface area contributed by atoms with E-state index < -0.39 is 6.67 Å². The van der Waals surface area contributed by atoms with Crippen LogP contribution >= 0.6 is 0 Å². The van der Waals surface area contributed by atoms with Gasteiger partial charge in [0.05, 0.1) is 18.5 Å². The summed E-state index contributed by atoms with van der Waals surface area (Å²) in [6.45, 7) is 5.15. The standard InChI is InChI=1S/C13H20FN3O/c1-9-7-16-17-11(6-14)8-18-13(12(9)17)3-4-15-10(2)5-13/h7,10-11,15H,3-6,8H2,1-2H3. The summed E-state index contributed by atoms with van der Waals surface area (Å²) in [5.41, 5.74) is 1.93. The van der Waals surface area contributed by atoms with Gasteiger partial charge in [-0.05, 0) is 38.8 Å². The number of nitrogens with zero attached hydrogens (tertiary/aromatic N) is 2. The van der Waals surface area contributed by atoms with Crippen LogP contribution in [0.1, 0.15) is 37.1 Å². The molecule has 0 radical (unpaired) electrons. The van der Waals surface area contributed by atoms with Crippen molar-refractivity contribution in [1.29, 1.82) is 0 Å². The molecule has 1 aromatic rings. The van der Waals surface area contributed by atoms with Gasteiger partial charge in [0.1, 0.15) is 18.3 Å². The zero-order valence-electron chi connectivity index (χ0n) is 10.9. The molecule has 1 fully saturated rings. The van der Waals surface area contributed by atoms with Crippen molar-refractivity contribution in [3.63, 3.8) is 0 Å². The van der Waals surface area contributed by atoms with Crippen LogP contribution in [0.2, 0.25) is 0 Å². The highest BCUT2D eigenvalue weighted by molar-refractivity contribution is 5.26. The van der Waals surface area contributed by atoms with Crippen LogP contribution < -0.4 is 5.32 Å². The molecule has 1 N–H and O–H groups in total. The molecule has 0 aliphatic carbocycles. The molecule has 18 heavy (non-hydrogen) atoms. The molecule has 3 rings (SSSR count). The van der Waals surface area contributed by atoms with Crippen LogP contribution in [0.5, 0.6) is 0 Å². The summed E-state index contributed by atoms with van der Waals surface area (Å²) >= 11 is 0. The summed E-state index contributed by atoms with van der Waals surface area (Å²) in [7, 11) is 0. The summed E-state index contributed by atoms with van der Waals surface area (Å²) in [6.07, 6.45) is 3.70. The quantitative estimate of drug-likeness (QED) is 0.828. The van der Waals surface area contributed by atoms with Crippen molar-refractivity contribution in [3.05, 3.63) is 17.5 Å². The third-order valence-corrected chi connectivity index (χ3v) is 4.14. The molecule has 3 heterocycles. The van der Waals surface area contributed by atoms with Gasteiger partial charge in [0.2, 0.25) is 0 Å². The van der Waals surface area contributed by atoms with Crippen LogP contribution in [0.25, 0.3) is 0 Å². The van der Waals surface area contributed by atoms with Crippen molar-refractivity contribution in [2.75, 3.05) is 19.8 Å². The Labute approximate surface area is 107 Å². The second-order valence-corrected chi connectivity index (χ2v) is 5.54. The van der Waals surface area contributed by atoms with Gasteiger partial charge >= 0.3 is 0 Å². The first kappa shape index (κ1) is 12.1. The van der Waals surface area contributed by atoms with Crippen LogP contribution in [-0.2, 0) is 10.3 Å². The average Bonchev–Trinajstić information content (AvgIpc) is 2.74. The fourth-order valence-electron chi connectivity index (χ4n) is 3.33. The lowest BCUT2D eigenvalue weighted by atomic mass is 9.82. The highest BCUT2D eigenvalue weighted by Gasteiger charge is 2.45. The van der Waals surface area contributed by atoms with Crippen LogP contribution in [0.15, 0.2) is 6.20 Å². The highest BCUT2D eigenvalue weighted by Crippen LogP contribution is 2.42. The topological polar surface area (TPSA) is 39.1 Å². The Balaban J connectivity index is 2.05. The van der Waals surface area contributed by atoms with E-state index in [2.05, 4.69) is 17.3 Å². The number of halogens is 1. The molecule has 5 heteroatoms. The first-order valence-corrected chi connectivity index (χ1v) is 6.64. The van der Waals surface area contributed by atoms with Crippen molar-refractivity contribution in [2.24, 2.45) is 0 Å². The van der Waals surface area contributed by atoms with E-state index in [-0.39, 0.29) is 11.6 Å². The minimum Gasteiger partial charge on any atom is -0.366 e. The molecular weight excluding hydrogens is 233 g/mol. The minimum atomic E-state index is -0.419. The highest BCUT2D eigenvalue weighted by atomic mass is 19.1. The fourth-order valence-corrected chi connectivity index (χ4v) is 3.33. The number of hydrogen-bond donors (Lipinski definition) is 1. The zero-order valence-corrected chi connectivity index (χ0v) is 10.9. The van der Waals surface area contributed by atoms with E-state index >= 15 is 0 Å². The molecule has 1 saturated heterocycles. The lowest BCUT2D eigenvalue weighted by Gasteiger charge is -2.45. The number of alkyl halides is 1. The van der Waals surface area contributed by atoms with Gasteiger partial charge in [-0.1, -0.05) is 0 Å². The fraction of sp³-hybridized carbons (Fsp3) is 0.769. The third kappa shape index (κ3) is 1.68. The monoisotopic (exact) mass is 253 g/mol. The molecule has 3 unspecified atom stereocenters. The maximum absolute atomic E-state index is 13.0. The molecule has 2 aliphatic rings. The van der Waals surface area contributed by atoms with E-state index in [9.17, 15) is 4.39 Å². The van der Waals surface area contributed by atoms with Crippen LogP contribution in [-0.4, -0.2) is 35.6 Å². The largest absolute Gasteiger partial charge is 0.366 e. The number of piperidine rings is 1. The van der Waals surface area contributed by atoms with E-state index in [1.807, 2.05) is 17.8 Å². The molecule has 3 atom stereocenters. The maximum atomic E-state index is 13.0. The van der Waals surface area contributed by atoms with E-state index in [0.29, 0.717) is 12.6 Å². The Hall–Kier alpha value is -0.940. The summed E-state index contributed by atoms with van der Waals surface area (Å²) in [4.78, 5) is 0. The van der Waals surface area contributed by atoms with E-state index in [1.54, 1.807) is 0 Å². The first-order chi connectivity index (χ1) is 8.66.